The molecule has 552 valence electrons. The summed E-state index contributed by atoms with van der Waals surface area (Å²) in [6.07, 6.45) is 21.1. The van der Waals surface area contributed by atoms with Gasteiger partial charge in [0.1, 0.15) is 17.5 Å². The Balaban J connectivity index is 0.000000124. The molecule has 3 aliphatic carbocycles. The van der Waals surface area contributed by atoms with Crippen LogP contribution in [0.3, 0.4) is 0 Å². The molecule has 12 aromatic rings. The maximum absolute atomic E-state index is 14.0. The van der Waals surface area contributed by atoms with Crippen molar-refractivity contribution in [1.82, 2.24) is 102 Å². The first-order valence-corrected chi connectivity index (χ1v) is 40.3. The molecule has 3 aromatic carbocycles. The molecule has 0 spiro atoms. The monoisotopic (exact) mass is 1580 g/mol. The van der Waals surface area contributed by atoms with E-state index in [4.69, 9.17) is 0 Å². The van der Waals surface area contributed by atoms with Gasteiger partial charge in [0.05, 0.1) is 87.6 Å². The number of aromatic nitrogens is 18. The number of nitrogens with zero attached hydrogens (tertiary/aromatic N) is 21. The van der Waals surface area contributed by atoms with Crippen molar-refractivity contribution < 1.29 is 52.8 Å². The summed E-state index contributed by atoms with van der Waals surface area (Å²) in [5, 5.41) is 42.2. The first-order chi connectivity index (χ1) is 51.8. The third-order valence-corrected chi connectivity index (χ3v) is 27.8. The number of halogens is 3. The van der Waals surface area contributed by atoms with E-state index in [2.05, 4.69) is 61.1 Å². The average Bonchev–Trinajstić information content (AvgIpc) is 1.36. The van der Waals surface area contributed by atoms with Crippen molar-refractivity contribution in [2.45, 2.75) is 53.6 Å². The molecule has 39 heteroatoms. The predicted molar refractivity (Wildman–Crippen MR) is 385 cm³/mol. The highest BCUT2D eigenvalue weighted by molar-refractivity contribution is 7.89. The standard InChI is InChI=1S/3C23H20FN7O3S2/c1-29-20(13-26-28-29)36(33,34)30-8-6-16-10-19-15(12-27-31(19)18-4-2-17(24)3-5-18)11-23(16,14-30)21(32)22-25-7-9-35-22;1-29-26-13-20(28-29)36(33,34)30-8-6-16-10-19-15(12-27-31(19)18-4-2-17(24)3-5-18)11-23(16,14-30)21(32)22-25-7-9-35-22;1-29-13-20(27-28-29)36(33,34)30-8-6-16-10-19-15(12-26-31(19)18-4-2-17(24)3-5-18)11-23(16,14-30)21(32)22-25-7-9-35-22/h3*2-5,7,9-10,12-13H,6,8,11,14H2,1H3/t3*23-/m000/s1. The third-order valence-electron chi connectivity index (χ3n) is 20.2. The number of fused-ring (bicyclic) bond motifs is 6. The highest BCUT2D eigenvalue weighted by Crippen LogP contribution is 2.51. The van der Waals surface area contributed by atoms with Gasteiger partial charge in [0.15, 0.2) is 20.0 Å². The first-order valence-electron chi connectivity index (χ1n) is 33.4. The summed E-state index contributed by atoms with van der Waals surface area (Å²) in [6, 6.07) is 18.0. The lowest BCUT2D eigenvalue weighted by Crippen LogP contribution is -2.53. The number of hydrogen-bond donors (Lipinski definition) is 0. The van der Waals surface area contributed by atoms with Crippen LogP contribution in [0.5, 0.6) is 0 Å². The molecule has 3 atom stereocenters. The van der Waals surface area contributed by atoms with Crippen molar-refractivity contribution in [2.75, 3.05) is 39.3 Å². The van der Waals surface area contributed by atoms with Crippen LogP contribution in [-0.2, 0) is 70.5 Å². The molecule has 3 fully saturated rings. The molecule has 6 aliphatic rings. The van der Waals surface area contributed by atoms with Crippen molar-refractivity contribution in [3.05, 3.63) is 228 Å². The van der Waals surface area contributed by atoms with E-state index in [-0.39, 0.29) is 108 Å². The topological polar surface area (TPSA) is 348 Å². The molecule has 0 amide bonds. The highest BCUT2D eigenvalue weighted by Gasteiger charge is 2.55. The predicted octanol–water partition coefficient (Wildman–Crippen LogP) is 7.50. The maximum Gasteiger partial charge on any atom is 0.264 e. The smallest absolute Gasteiger partial charge is 0.264 e. The van der Waals surface area contributed by atoms with Crippen LogP contribution in [0, 0.1) is 33.7 Å². The second kappa shape index (κ2) is 27.5. The summed E-state index contributed by atoms with van der Waals surface area (Å²) in [7, 11) is -7.21. The van der Waals surface area contributed by atoms with Crippen molar-refractivity contribution >= 4 is 99.7 Å². The molecular weight excluding hydrogens is 1520 g/mol. The number of carbonyl (C=O) groups is 3. The van der Waals surface area contributed by atoms with Gasteiger partial charge < -0.3 is 0 Å². The molecule has 0 N–H and O–H groups in total. The fourth-order valence-corrected chi connectivity index (χ4v) is 21.2. The Labute approximate surface area is 625 Å². The number of rotatable bonds is 15. The van der Waals surface area contributed by atoms with E-state index >= 15 is 0 Å². The second-order valence-electron chi connectivity index (χ2n) is 26.5. The number of sulfonamides is 3. The van der Waals surface area contributed by atoms with Crippen LogP contribution in [0.15, 0.2) is 177 Å². The van der Waals surface area contributed by atoms with Crippen LogP contribution in [0.25, 0.3) is 35.3 Å². The Morgan fingerprint density at radius 1 is 0.454 bits per heavy atom. The van der Waals surface area contributed by atoms with Crippen molar-refractivity contribution in [3.8, 4) is 17.1 Å². The van der Waals surface area contributed by atoms with E-state index < -0.39 is 46.3 Å². The van der Waals surface area contributed by atoms with Crippen LogP contribution in [0.4, 0.5) is 13.2 Å². The van der Waals surface area contributed by atoms with Gasteiger partial charge in [0.2, 0.25) is 27.4 Å². The Kier molecular flexibility index (Phi) is 18.3. The summed E-state index contributed by atoms with van der Waals surface area (Å²) in [4.78, 5) is 55.7. The molecule has 3 saturated heterocycles. The SMILES string of the molecule is Cn1cc(S(=O)(=O)N2CCC3=Cc4c(cnn4-c4ccc(F)cc4)C[C@]3(C(=O)c3nccs3)C2)nn1.Cn1ncc(S(=O)(=O)N2CCC3=Cc4c(cnn4-c4ccc(F)cc4)C[C@]3(C(=O)c3nccs3)C2)n1.Cn1nncc1S(=O)(=O)N1CCC2=Cc3c(cnn3-c3ccc(F)cc3)C[C@]2(C(=O)c2nccs2)C1. The van der Waals surface area contributed by atoms with Crippen LogP contribution in [-0.4, -0.2) is 184 Å². The molecule has 0 bridgehead atoms. The van der Waals surface area contributed by atoms with Crippen LogP contribution >= 0.6 is 34.0 Å². The van der Waals surface area contributed by atoms with Crippen LogP contribution in [0.2, 0.25) is 0 Å². The van der Waals surface area contributed by atoms with E-state index in [1.54, 1.807) is 118 Å². The number of Topliss-reactive ketones (excluding diaryl/α,β-unsaturated/α-hetero) is 3. The molecule has 12 heterocycles. The Morgan fingerprint density at radius 3 is 1.14 bits per heavy atom. The fraction of sp³-hybridized carbons (Fsp3) is 0.261. The number of benzene rings is 3. The largest absolute Gasteiger partial charge is 0.290 e. The van der Waals surface area contributed by atoms with Gasteiger partial charge in [0, 0.05) is 95.1 Å². The van der Waals surface area contributed by atoms with Gasteiger partial charge in [-0.05, 0) is 146 Å². The van der Waals surface area contributed by atoms with E-state index in [1.165, 1.54) is 123 Å². The number of hydrogen-bond acceptors (Lipinski definition) is 24. The number of aryl methyl sites for hydroxylation is 3. The Morgan fingerprint density at radius 2 is 0.824 bits per heavy atom. The zero-order valence-corrected chi connectivity index (χ0v) is 62.1. The Hall–Kier alpha value is -10.7. The number of ketones is 3. The minimum Gasteiger partial charge on any atom is -0.290 e. The molecule has 3 aliphatic heterocycles. The van der Waals surface area contributed by atoms with E-state index in [0.29, 0.717) is 51.3 Å². The molecule has 0 saturated carbocycles. The van der Waals surface area contributed by atoms with Crippen molar-refractivity contribution in [2.24, 2.45) is 37.4 Å². The lowest BCUT2D eigenvalue weighted by molar-refractivity contribution is 0.0768. The quantitative estimate of drug-likeness (QED) is 0.0896. The lowest BCUT2D eigenvalue weighted by atomic mass is 9.66. The fourth-order valence-electron chi connectivity index (χ4n) is 14.8. The molecule has 108 heavy (non-hydrogen) atoms. The minimum absolute atomic E-state index is 0.0348. The van der Waals surface area contributed by atoms with Crippen molar-refractivity contribution in [1.29, 1.82) is 0 Å². The third kappa shape index (κ3) is 12.5. The summed E-state index contributed by atoms with van der Waals surface area (Å²) in [5.41, 5.74) is 5.95. The maximum atomic E-state index is 14.0. The zero-order valence-electron chi connectivity index (χ0n) is 57.2. The molecule has 30 nitrogen and oxygen atoms in total. The van der Waals surface area contributed by atoms with Gasteiger partial charge in [-0.2, -0.15) is 38.1 Å². The van der Waals surface area contributed by atoms with Gasteiger partial charge in [-0.15, -0.1) is 49.3 Å². The van der Waals surface area contributed by atoms with Gasteiger partial charge in [-0.1, -0.05) is 27.1 Å². The highest BCUT2D eigenvalue weighted by atomic mass is 32.2. The van der Waals surface area contributed by atoms with Crippen LogP contribution < -0.4 is 0 Å². The number of piperidine rings is 3. The number of carbonyl (C=O) groups excluding carboxylic acids is 3. The molecule has 18 rings (SSSR count). The van der Waals surface area contributed by atoms with Crippen molar-refractivity contribution in [3.63, 3.8) is 0 Å². The Bertz CT molecular complexity index is 5730. The van der Waals surface area contributed by atoms with E-state index in [1.807, 2.05) is 18.2 Å². The molecular formula is C69H60F3N21O9S6. The second-order valence-corrected chi connectivity index (χ2v) is 34.8. The summed E-state index contributed by atoms with van der Waals surface area (Å²) >= 11 is 3.69. The van der Waals surface area contributed by atoms with Gasteiger partial charge >= 0.3 is 0 Å². The molecule has 0 unspecified atom stereocenters. The summed E-state index contributed by atoms with van der Waals surface area (Å²) in [6.45, 7) is 0.460. The van der Waals surface area contributed by atoms with E-state index in [9.17, 15) is 52.8 Å². The molecule has 9 aromatic heterocycles. The molecule has 0 radical (unpaired) electrons. The van der Waals surface area contributed by atoms with Gasteiger partial charge in [0.25, 0.3) is 30.1 Å². The van der Waals surface area contributed by atoms with Crippen LogP contribution in [0.1, 0.15) is 82.4 Å². The van der Waals surface area contributed by atoms with Gasteiger partial charge in [-0.25, -0.2) is 72.1 Å². The average molecular weight is 1580 g/mol. The normalized spacial score (nSPS) is 20.0. The number of thiazole rings is 3. The minimum atomic E-state index is -3.97. The van der Waals surface area contributed by atoms with Gasteiger partial charge in [-0.3, -0.25) is 19.1 Å². The summed E-state index contributed by atoms with van der Waals surface area (Å²) in [5.74, 6) is -1.69. The summed E-state index contributed by atoms with van der Waals surface area (Å²) < 4.78 is 133. The zero-order chi connectivity index (χ0) is 75.2. The van der Waals surface area contributed by atoms with E-state index in [0.717, 1.165) is 50.5 Å². The first kappa shape index (κ1) is 71.6. The lowest BCUT2D eigenvalue weighted by Gasteiger charge is -2.44.